The van der Waals surface area contributed by atoms with Crippen LogP contribution in [0.3, 0.4) is 0 Å². The van der Waals surface area contributed by atoms with Gasteiger partial charge in [-0.3, -0.25) is 0 Å². The van der Waals surface area contributed by atoms with Gasteiger partial charge in [-0.15, -0.1) is 4.39 Å². The molecule has 0 unspecified atom stereocenters. The molecule has 1 aliphatic rings. The number of hydrogen-bond acceptors (Lipinski definition) is 2. The molecule has 7 heavy (non-hydrogen) atoms. The maximum atomic E-state index is 11.1. The van der Waals surface area contributed by atoms with Crippen molar-refractivity contribution < 1.29 is 13.9 Å². The monoisotopic (exact) mass is 104 g/mol. The summed E-state index contributed by atoms with van der Waals surface area (Å²) >= 11 is 0. The molecule has 0 radical (unpaired) electrons. The van der Waals surface area contributed by atoms with Crippen LogP contribution in [0.15, 0.2) is 0 Å². The minimum atomic E-state index is -1.65. The highest BCUT2D eigenvalue weighted by atomic mass is 19.1. The molecule has 0 atom stereocenters. The molecule has 0 bridgehead atoms. The van der Waals surface area contributed by atoms with E-state index in [-0.39, 0.29) is 6.10 Å². The Bertz CT molecular complexity index is 87.7. The van der Waals surface area contributed by atoms with E-state index in [1.807, 2.05) is 0 Å². The Labute approximate surface area is 40.3 Å². The van der Waals surface area contributed by atoms with Crippen molar-refractivity contribution in [2.75, 3.05) is 0 Å². The molecule has 0 saturated heterocycles. The Morgan fingerprint density at radius 3 is 2.43 bits per heavy atom. The maximum absolute atomic E-state index is 11.1. The molecule has 0 N–H and O–H groups in total. The number of carbonyl (C=O) groups is 1. The summed E-state index contributed by atoms with van der Waals surface area (Å²) in [6.07, 6.45) is -0.0919. The van der Waals surface area contributed by atoms with E-state index in [2.05, 4.69) is 4.74 Å². The molecule has 2 nitrogen and oxygen atoms in total. The molecule has 1 aliphatic carbocycles. The Hall–Kier alpha value is -0.600. The fourth-order valence-corrected chi connectivity index (χ4v) is 0.317. The molecule has 0 aromatic heterocycles. The lowest BCUT2D eigenvalue weighted by Crippen LogP contribution is -1.94. The van der Waals surface area contributed by atoms with Crippen molar-refractivity contribution >= 4 is 6.22 Å². The van der Waals surface area contributed by atoms with Gasteiger partial charge in [-0.05, 0) is 12.8 Å². The normalized spacial score (nSPS) is 19.0. The van der Waals surface area contributed by atoms with Gasteiger partial charge in [0.25, 0.3) is 0 Å². The van der Waals surface area contributed by atoms with Gasteiger partial charge in [0.15, 0.2) is 0 Å². The zero-order chi connectivity index (χ0) is 5.28. The Morgan fingerprint density at radius 1 is 1.71 bits per heavy atom. The first-order valence-electron chi connectivity index (χ1n) is 2.15. The lowest BCUT2D eigenvalue weighted by Gasteiger charge is -1.88. The van der Waals surface area contributed by atoms with Crippen molar-refractivity contribution in [3.8, 4) is 0 Å². The van der Waals surface area contributed by atoms with Crippen molar-refractivity contribution in [3.63, 3.8) is 0 Å². The van der Waals surface area contributed by atoms with Gasteiger partial charge in [-0.2, -0.15) is 0 Å². The van der Waals surface area contributed by atoms with Crippen molar-refractivity contribution in [1.29, 1.82) is 0 Å². The molecule has 40 valence electrons. The number of rotatable bonds is 1. The van der Waals surface area contributed by atoms with Crippen LogP contribution in [0.25, 0.3) is 0 Å². The predicted molar refractivity (Wildman–Crippen MR) is 20.6 cm³/mol. The van der Waals surface area contributed by atoms with Gasteiger partial charge >= 0.3 is 6.22 Å². The average molecular weight is 104 g/mol. The average Bonchev–Trinajstić information content (AvgIpc) is 2.17. The van der Waals surface area contributed by atoms with Gasteiger partial charge in [-0.25, -0.2) is 4.79 Å². The van der Waals surface area contributed by atoms with Gasteiger partial charge in [0.05, 0.1) is 0 Å². The van der Waals surface area contributed by atoms with Crippen molar-refractivity contribution in [1.82, 2.24) is 0 Å². The molecule has 0 aliphatic heterocycles. The summed E-state index contributed by atoms with van der Waals surface area (Å²) in [4.78, 5) is 9.41. The standard InChI is InChI=1S/C4H5FO2/c5-4(6)7-3-1-2-3/h3H,1-2H2. The second-order valence-corrected chi connectivity index (χ2v) is 1.55. The third-order valence-electron chi connectivity index (χ3n) is 0.784. The number of hydrogen-bond donors (Lipinski definition) is 0. The smallest absolute Gasteiger partial charge is 0.437 e. The van der Waals surface area contributed by atoms with Gasteiger partial charge in [0.2, 0.25) is 0 Å². The zero-order valence-electron chi connectivity index (χ0n) is 3.69. The van der Waals surface area contributed by atoms with E-state index in [1.54, 1.807) is 0 Å². The Kier molecular flexibility index (Phi) is 0.964. The number of carbonyl (C=O) groups excluding carboxylic acids is 1. The topological polar surface area (TPSA) is 26.3 Å². The fraction of sp³-hybridized carbons (Fsp3) is 0.750. The van der Waals surface area contributed by atoms with E-state index in [1.165, 1.54) is 0 Å². The quantitative estimate of drug-likeness (QED) is 0.468. The molecule has 0 heterocycles. The summed E-state index contributed by atoms with van der Waals surface area (Å²) in [5.41, 5.74) is 0. The molecule has 0 spiro atoms. The molecule has 1 rings (SSSR count). The molecule has 0 aromatic carbocycles. The second kappa shape index (κ2) is 1.48. The van der Waals surface area contributed by atoms with Crippen LogP contribution in [0, 0.1) is 0 Å². The van der Waals surface area contributed by atoms with Crippen LogP contribution in [0.5, 0.6) is 0 Å². The van der Waals surface area contributed by atoms with Crippen LogP contribution in [0.1, 0.15) is 12.8 Å². The third kappa shape index (κ3) is 1.52. The van der Waals surface area contributed by atoms with Crippen LogP contribution in [-0.2, 0) is 4.74 Å². The van der Waals surface area contributed by atoms with Crippen LogP contribution in [0.4, 0.5) is 9.18 Å². The fourth-order valence-electron chi connectivity index (χ4n) is 0.317. The van der Waals surface area contributed by atoms with Crippen molar-refractivity contribution in [3.05, 3.63) is 0 Å². The molecule has 3 heteroatoms. The van der Waals surface area contributed by atoms with Gasteiger partial charge < -0.3 is 4.74 Å². The Morgan fingerprint density at radius 2 is 2.29 bits per heavy atom. The van der Waals surface area contributed by atoms with E-state index in [4.69, 9.17) is 0 Å². The molecular formula is C4H5FO2. The van der Waals surface area contributed by atoms with Crippen LogP contribution in [-0.4, -0.2) is 12.3 Å². The van der Waals surface area contributed by atoms with Gasteiger partial charge in [-0.1, -0.05) is 0 Å². The summed E-state index contributed by atoms with van der Waals surface area (Å²) in [7, 11) is 0. The first-order chi connectivity index (χ1) is 3.29. The predicted octanol–water partition coefficient (Wildman–Crippen LogP) is 1.25. The summed E-state index contributed by atoms with van der Waals surface area (Å²) in [6.45, 7) is 0. The highest BCUT2D eigenvalue weighted by molar-refractivity contribution is 5.58. The maximum Gasteiger partial charge on any atom is 0.495 e. The summed E-state index contributed by atoms with van der Waals surface area (Å²) < 4.78 is 15.2. The minimum absolute atomic E-state index is 0.0995. The van der Waals surface area contributed by atoms with Crippen molar-refractivity contribution in [2.45, 2.75) is 18.9 Å². The van der Waals surface area contributed by atoms with Crippen LogP contribution < -0.4 is 0 Å². The van der Waals surface area contributed by atoms with Crippen LogP contribution in [0.2, 0.25) is 0 Å². The summed E-state index contributed by atoms with van der Waals surface area (Å²) in [5, 5.41) is 0. The molecular weight excluding hydrogens is 99.0 g/mol. The van der Waals surface area contributed by atoms with Gasteiger partial charge in [0.1, 0.15) is 6.10 Å². The highest BCUT2D eigenvalue weighted by Gasteiger charge is 2.25. The number of halogens is 1. The lowest BCUT2D eigenvalue weighted by atomic mass is 10.8. The highest BCUT2D eigenvalue weighted by Crippen LogP contribution is 2.23. The van der Waals surface area contributed by atoms with E-state index >= 15 is 0 Å². The molecule has 1 fully saturated rings. The van der Waals surface area contributed by atoms with E-state index in [9.17, 15) is 9.18 Å². The lowest BCUT2D eigenvalue weighted by molar-refractivity contribution is 0.114. The molecule has 0 amide bonds. The molecule has 1 saturated carbocycles. The first-order valence-corrected chi connectivity index (χ1v) is 2.15. The molecule has 0 aromatic rings. The summed E-state index contributed by atoms with van der Waals surface area (Å²) in [6, 6.07) is 0. The largest absolute Gasteiger partial charge is 0.495 e. The summed E-state index contributed by atoms with van der Waals surface area (Å²) in [5.74, 6) is 0. The number of ether oxygens (including phenoxy) is 1. The van der Waals surface area contributed by atoms with E-state index in [0.717, 1.165) is 12.8 Å². The van der Waals surface area contributed by atoms with Gasteiger partial charge in [0, 0.05) is 0 Å². The van der Waals surface area contributed by atoms with Crippen molar-refractivity contribution in [2.24, 2.45) is 0 Å². The van der Waals surface area contributed by atoms with E-state index in [0.29, 0.717) is 0 Å². The van der Waals surface area contributed by atoms with E-state index < -0.39 is 6.22 Å². The zero-order valence-corrected chi connectivity index (χ0v) is 3.69. The van der Waals surface area contributed by atoms with Crippen LogP contribution >= 0.6 is 0 Å². The second-order valence-electron chi connectivity index (χ2n) is 1.55. The first kappa shape index (κ1) is 4.56. The SMILES string of the molecule is O=C(F)OC1CC1. The third-order valence-corrected chi connectivity index (χ3v) is 0.784. The minimum Gasteiger partial charge on any atom is -0.437 e. The Balaban J connectivity index is 2.08.